The first-order valence-electron chi connectivity index (χ1n) is 6.00. The minimum Gasteiger partial charge on any atom is -0.353 e. The molecule has 0 aliphatic heterocycles. The average Bonchev–Trinajstić information content (AvgIpc) is 2.24. The molecule has 3 nitrogen and oxygen atoms in total. The first-order valence-corrected chi connectivity index (χ1v) is 6.00. The number of nitrogens with one attached hydrogen (secondary N) is 1. The zero-order valence-electron chi connectivity index (χ0n) is 10.5. The fraction of sp³-hybridized carbons (Fsp3) is 0.917. The maximum atomic E-state index is 11.5. The van der Waals surface area contributed by atoms with Crippen molar-refractivity contribution in [3.8, 4) is 0 Å². The Balaban J connectivity index is 3.73. The summed E-state index contributed by atoms with van der Waals surface area (Å²) in [5.41, 5.74) is 5.50. The van der Waals surface area contributed by atoms with E-state index in [1.165, 1.54) is 0 Å². The van der Waals surface area contributed by atoms with Crippen molar-refractivity contribution in [3.05, 3.63) is 0 Å². The van der Waals surface area contributed by atoms with Crippen LogP contribution in [-0.2, 0) is 4.79 Å². The third-order valence-electron chi connectivity index (χ3n) is 3.15. The highest BCUT2D eigenvalue weighted by Crippen LogP contribution is 2.08. The number of rotatable bonds is 7. The van der Waals surface area contributed by atoms with Crippen molar-refractivity contribution in [2.45, 2.75) is 53.0 Å². The van der Waals surface area contributed by atoms with E-state index in [-0.39, 0.29) is 11.9 Å². The summed E-state index contributed by atoms with van der Waals surface area (Å²) in [5.74, 6) is 1.14. The van der Waals surface area contributed by atoms with Gasteiger partial charge in [-0.25, -0.2) is 0 Å². The van der Waals surface area contributed by atoms with Crippen LogP contribution in [0, 0.1) is 11.8 Å². The zero-order valence-corrected chi connectivity index (χ0v) is 10.5. The van der Waals surface area contributed by atoms with Crippen molar-refractivity contribution < 1.29 is 4.79 Å². The lowest BCUT2D eigenvalue weighted by Gasteiger charge is -2.20. The normalized spacial score (nSPS) is 16.9. The molecule has 1 amide bonds. The summed E-state index contributed by atoms with van der Waals surface area (Å²) >= 11 is 0. The average molecular weight is 214 g/mol. The lowest BCUT2D eigenvalue weighted by atomic mass is 10.00. The summed E-state index contributed by atoms with van der Waals surface area (Å²) in [7, 11) is 0. The number of carbonyl (C=O) groups is 1. The molecule has 0 bridgehead atoms. The number of hydrogen-bond donors (Lipinski definition) is 2. The first kappa shape index (κ1) is 14.4. The Kier molecular flexibility index (Phi) is 7.39. The molecule has 0 aromatic heterocycles. The number of nitrogens with two attached hydrogens (primary N) is 1. The van der Waals surface area contributed by atoms with Gasteiger partial charge in [0.25, 0.3) is 0 Å². The van der Waals surface area contributed by atoms with Gasteiger partial charge in [0.05, 0.1) is 0 Å². The van der Waals surface area contributed by atoms with Crippen molar-refractivity contribution in [2.24, 2.45) is 17.6 Å². The van der Waals surface area contributed by atoms with Crippen LogP contribution in [0.4, 0.5) is 0 Å². The molecule has 15 heavy (non-hydrogen) atoms. The van der Waals surface area contributed by atoms with E-state index in [4.69, 9.17) is 5.73 Å². The van der Waals surface area contributed by atoms with E-state index in [1.54, 1.807) is 0 Å². The number of carbonyl (C=O) groups excluding carboxylic acids is 1. The van der Waals surface area contributed by atoms with Crippen LogP contribution in [0.5, 0.6) is 0 Å². The molecule has 0 heterocycles. The molecule has 0 saturated heterocycles. The maximum absolute atomic E-state index is 11.5. The van der Waals surface area contributed by atoms with E-state index in [9.17, 15) is 4.79 Å². The van der Waals surface area contributed by atoms with Gasteiger partial charge < -0.3 is 11.1 Å². The fourth-order valence-corrected chi connectivity index (χ4v) is 1.32. The maximum Gasteiger partial charge on any atom is 0.220 e. The molecule has 3 heteroatoms. The van der Waals surface area contributed by atoms with E-state index in [0.717, 1.165) is 12.8 Å². The van der Waals surface area contributed by atoms with Gasteiger partial charge in [-0.05, 0) is 31.7 Å². The van der Waals surface area contributed by atoms with E-state index in [0.29, 0.717) is 24.8 Å². The fourth-order valence-electron chi connectivity index (χ4n) is 1.32. The molecule has 0 fully saturated rings. The molecule has 3 unspecified atom stereocenters. The molecule has 0 spiro atoms. The number of hydrogen-bond acceptors (Lipinski definition) is 2. The predicted molar refractivity (Wildman–Crippen MR) is 64.5 cm³/mol. The van der Waals surface area contributed by atoms with Gasteiger partial charge in [-0.3, -0.25) is 4.79 Å². The lowest BCUT2D eigenvalue weighted by Crippen LogP contribution is -2.37. The Hall–Kier alpha value is -0.570. The summed E-state index contributed by atoms with van der Waals surface area (Å²) in [6.45, 7) is 9.11. The molecule has 90 valence electrons. The lowest BCUT2D eigenvalue weighted by molar-refractivity contribution is -0.122. The van der Waals surface area contributed by atoms with Crippen molar-refractivity contribution >= 4 is 5.91 Å². The third-order valence-corrected chi connectivity index (χ3v) is 3.15. The molecule has 3 N–H and O–H groups in total. The molecule has 0 rings (SSSR count). The van der Waals surface area contributed by atoms with Crippen LogP contribution in [0.2, 0.25) is 0 Å². The van der Waals surface area contributed by atoms with E-state index < -0.39 is 0 Å². The topological polar surface area (TPSA) is 55.1 Å². The molecule has 0 aromatic carbocycles. The minimum atomic E-state index is 0.156. The highest BCUT2D eigenvalue weighted by molar-refractivity contribution is 5.76. The Morgan fingerprint density at radius 3 is 2.40 bits per heavy atom. The van der Waals surface area contributed by atoms with E-state index in [1.807, 2.05) is 0 Å². The van der Waals surface area contributed by atoms with Crippen molar-refractivity contribution in [2.75, 3.05) is 6.54 Å². The number of amides is 1. The second-order valence-electron chi connectivity index (χ2n) is 4.62. The summed E-state index contributed by atoms with van der Waals surface area (Å²) in [6.07, 6.45) is 2.58. The van der Waals surface area contributed by atoms with Gasteiger partial charge in [0.2, 0.25) is 5.91 Å². The standard InChI is InChI=1S/C12H26N2O/c1-5-10(3)11(4)14-12(15)7-6-9(2)8-13/h9-11H,5-8,13H2,1-4H3,(H,14,15). The Bertz CT molecular complexity index is 182. The van der Waals surface area contributed by atoms with Crippen LogP contribution in [-0.4, -0.2) is 18.5 Å². The Labute approximate surface area is 93.8 Å². The smallest absolute Gasteiger partial charge is 0.220 e. The second kappa shape index (κ2) is 7.69. The molecule has 0 aliphatic carbocycles. The molecular formula is C12H26N2O. The minimum absolute atomic E-state index is 0.156. The van der Waals surface area contributed by atoms with Crippen LogP contribution in [0.15, 0.2) is 0 Å². The van der Waals surface area contributed by atoms with Crippen molar-refractivity contribution in [1.29, 1.82) is 0 Å². The zero-order chi connectivity index (χ0) is 11.8. The van der Waals surface area contributed by atoms with Crippen LogP contribution in [0.25, 0.3) is 0 Å². The summed E-state index contributed by atoms with van der Waals surface area (Å²) in [6, 6.07) is 0.274. The first-order chi connectivity index (χ1) is 7.01. The largest absolute Gasteiger partial charge is 0.353 e. The molecule has 0 aliphatic rings. The van der Waals surface area contributed by atoms with Gasteiger partial charge >= 0.3 is 0 Å². The quantitative estimate of drug-likeness (QED) is 0.680. The molecule has 0 aromatic rings. The predicted octanol–water partition coefficient (Wildman–Crippen LogP) is 1.91. The Morgan fingerprint density at radius 2 is 1.93 bits per heavy atom. The Morgan fingerprint density at radius 1 is 1.33 bits per heavy atom. The molecule has 0 saturated carbocycles. The highest BCUT2D eigenvalue weighted by Gasteiger charge is 2.13. The van der Waals surface area contributed by atoms with Gasteiger partial charge in [-0.2, -0.15) is 0 Å². The van der Waals surface area contributed by atoms with Gasteiger partial charge in [0.15, 0.2) is 0 Å². The summed E-state index contributed by atoms with van der Waals surface area (Å²) < 4.78 is 0. The SMILES string of the molecule is CCC(C)C(C)NC(=O)CCC(C)CN. The van der Waals surface area contributed by atoms with Gasteiger partial charge in [0, 0.05) is 12.5 Å². The van der Waals surface area contributed by atoms with Crippen LogP contribution >= 0.6 is 0 Å². The molecular weight excluding hydrogens is 188 g/mol. The van der Waals surface area contributed by atoms with E-state index in [2.05, 4.69) is 33.0 Å². The van der Waals surface area contributed by atoms with Gasteiger partial charge in [0.1, 0.15) is 0 Å². The summed E-state index contributed by atoms with van der Waals surface area (Å²) in [4.78, 5) is 11.5. The molecule has 0 radical (unpaired) electrons. The summed E-state index contributed by atoms with van der Waals surface area (Å²) in [5, 5.41) is 3.03. The third kappa shape index (κ3) is 6.50. The van der Waals surface area contributed by atoms with Crippen molar-refractivity contribution in [1.82, 2.24) is 5.32 Å². The van der Waals surface area contributed by atoms with Crippen LogP contribution in [0.1, 0.15) is 47.0 Å². The van der Waals surface area contributed by atoms with Crippen LogP contribution < -0.4 is 11.1 Å². The van der Waals surface area contributed by atoms with E-state index >= 15 is 0 Å². The monoisotopic (exact) mass is 214 g/mol. The van der Waals surface area contributed by atoms with Crippen LogP contribution in [0.3, 0.4) is 0 Å². The van der Waals surface area contributed by atoms with Crippen molar-refractivity contribution in [3.63, 3.8) is 0 Å². The second-order valence-corrected chi connectivity index (χ2v) is 4.62. The highest BCUT2D eigenvalue weighted by atomic mass is 16.1. The van der Waals surface area contributed by atoms with Gasteiger partial charge in [-0.1, -0.05) is 27.2 Å². The van der Waals surface area contributed by atoms with Gasteiger partial charge in [-0.15, -0.1) is 0 Å². The molecule has 3 atom stereocenters.